The lowest BCUT2D eigenvalue weighted by atomic mass is 10.2. The minimum absolute atomic E-state index is 0.249. The van der Waals surface area contributed by atoms with Crippen LogP contribution in [-0.2, 0) is 4.74 Å². The van der Waals surface area contributed by atoms with Crippen LogP contribution in [0.25, 0.3) is 4.96 Å². The predicted molar refractivity (Wildman–Crippen MR) is 86.1 cm³/mol. The van der Waals surface area contributed by atoms with Crippen molar-refractivity contribution >= 4 is 33.6 Å². The van der Waals surface area contributed by atoms with Gasteiger partial charge in [0.05, 0.1) is 24.6 Å². The van der Waals surface area contributed by atoms with Crippen LogP contribution < -0.4 is 10.2 Å². The molecular weight excluding hydrogens is 316 g/mol. The molecule has 0 unspecified atom stereocenters. The molecule has 0 aliphatic carbocycles. The van der Waals surface area contributed by atoms with E-state index in [1.165, 1.54) is 22.2 Å². The fourth-order valence-electron chi connectivity index (χ4n) is 2.49. The molecule has 1 saturated heterocycles. The Balaban J connectivity index is 1.58. The number of morpholine rings is 1. The highest BCUT2D eigenvalue weighted by Crippen LogP contribution is 2.27. The summed E-state index contributed by atoms with van der Waals surface area (Å²) in [6, 6.07) is 7.75. The van der Waals surface area contributed by atoms with Crippen LogP contribution in [0.1, 0.15) is 9.80 Å². The molecule has 2 aromatic heterocycles. The van der Waals surface area contributed by atoms with Gasteiger partial charge in [0.25, 0.3) is 5.91 Å². The molecule has 0 saturated carbocycles. The Kier molecular flexibility index (Phi) is 3.64. The quantitative estimate of drug-likeness (QED) is 0.778. The summed E-state index contributed by atoms with van der Waals surface area (Å²) >= 11 is 1.21. The molecule has 3 heterocycles. The molecule has 118 valence electrons. The molecule has 1 fully saturated rings. The number of anilines is 2. The number of aromatic nitrogens is 4. The molecular formula is C14H14N6O2S. The third-order valence-electron chi connectivity index (χ3n) is 3.59. The molecule has 9 heteroatoms. The summed E-state index contributed by atoms with van der Waals surface area (Å²) < 4.78 is 6.88. The molecule has 1 amide bonds. The Morgan fingerprint density at radius 3 is 2.91 bits per heavy atom. The second kappa shape index (κ2) is 5.94. The molecule has 1 N–H and O–H groups in total. The first-order chi connectivity index (χ1) is 11.3. The summed E-state index contributed by atoms with van der Waals surface area (Å²) in [4.78, 5) is 15.2. The largest absolute Gasteiger partial charge is 0.378 e. The zero-order valence-electron chi connectivity index (χ0n) is 12.2. The maximum absolute atomic E-state index is 12.4. The predicted octanol–water partition coefficient (Wildman–Crippen LogP) is 1.27. The first-order valence-electron chi connectivity index (χ1n) is 7.21. The van der Waals surface area contributed by atoms with Crippen LogP contribution in [0, 0.1) is 0 Å². The highest BCUT2D eigenvalue weighted by Gasteiger charge is 2.18. The summed E-state index contributed by atoms with van der Waals surface area (Å²) in [6.45, 7) is 3.01. The van der Waals surface area contributed by atoms with Gasteiger partial charge in [-0.05, 0) is 12.1 Å². The number of hydrogen-bond donors (Lipinski definition) is 1. The highest BCUT2D eigenvalue weighted by molar-refractivity contribution is 7.18. The van der Waals surface area contributed by atoms with Gasteiger partial charge in [-0.1, -0.05) is 23.5 Å². The number of nitrogens with one attached hydrogen (secondary N) is 1. The average molecular weight is 330 g/mol. The number of nitrogens with zero attached hydrogens (tertiary/aromatic N) is 5. The van der Waals surface area contributed by atoms with Gasteiger partial charge in [0, 0.05) is 13.1 Å². The Bertz CT molecular complexity index is 810. The number of benzene rings is 1. The zero-order valence-corrected chi connectivity index (χ0v) is 13.0. The number of amides is 1. The molecule has 0 radical (unpaired) electrons. The average Bonchev–Trinajstić information content (AvgIpc) is 3.18. The molecule has 23 heavy (non-hydrogen) atoms. The minimum atomic E-state index is -0.249. The smallest absolute Gasteiger partial charge is 0.286 e. The molecule has 0 spiro atoms. The first-order valence-corrected chi connectivity index (χ1v) is 8.03. The van der Waals surface area contributed by atoms with Gasteiger partial charge < -0.3 is 15.0 Å². The van der Waals surface area contributed by atoms with E-state index in [9.17, 15) is 4.79 Å². The van der Waals surface area contributed by atoms with E-state index >= 15 is 0 Å². The topological polar surface area (TPSA) is 84.7 Å². The van der Waals surface area contributed by atoms with Gasteiger partial charge in [0.1, 0.15) is 6.33 Å². The van der Waals surface area contributed by atoms with Gasteiger partial charge in [0.2, 0.25) is 9.97 Å². The Morgan fingerprint density at radius 2 is 2.09 bits per heavy atom. The van der Waals surface area contributed by atoms with Crippen LogP contribution >= 0.6 is 11.3 Å². The molecule has 0 atom stereocenters. The molecule has 1 aliphatic heterocycles. The van der Waals surface area contributed by atoms with Crippen molar-refractivity contribution in [1.29, 1.82) is 0 Å². The minimum Gasteiger partial charge on any atom is -0.378 e. The molecule has 4 rings (SSSR count). The van der Waals surface area contributed by atoms with Crippen LogP contribution in [-0.4, -0.2) is 52.0 Å². The monoisotopic (exact) mass is 330 g/mol. The Labute approximate surface area is 135 Å². The first kappa shape index (κ1) is 14.1. The normalized spacial score (nSPS) is 15.0. The van der Waals surface area contributed by atoms with Crippen LogP contribution in [0.3, 0.4) is 0 Å². The molecule has 1 aromatic carbocycles. The second-order valence-electron chi connectivity index (χ2n) is 5.04. The fraction of sp³-hybridized carbons (Fsp3) is 0.286. The SMILES string of the molecule is O=C(Nc1ccccc1N1CCOCC1)c1nn2cnnc2s1. The number of ether oxygens (including phenoxy) is 1. The summed E-state index contributed by atoms with van der Waals surface area (Å²) in [5, 5.41) is 15.1. The van der Waals surface area contributed by atoms with E-state index in [-0.39, 0.29) is 5.91 Å². The number of rotatable bonds is 3. The van der Waals surface area contributed by atoms with Crippen molar-refractivity contribution in [3.63, 3.8) is 0 Å². The Morgan fingerprint density at radius 1 is 1.26 bits per heavy atom. The third-order valence-corrected chi connectivity index (χ3v) is 4.50. The standard InChI is InChI=1S/C14H14N6O2S/c21-12(13-18-20-9-15-17-14(20)23-13)16-10-3-1-2-4-11(10)19-5-7-22-8-6-19/h1-4,9H,5-8H2,(H,16,21). The van der Waals surface area contributed by atoms with Crippen LogP contribution in [0.15, 0.2) is 30.6 Å². The van der Waals surface area contributed by atoms with Crippen molar-refractivity contribution in [2.24, 2.45) is 0 Å². The molecule has 1 aliphatic rings. The van der Waals surface area contributed by atoms with Crippen molar-refractivity contribution in [2.75, 3.05) is 36.5 Å². The van der Waals surface area contributed by atoms with E-state index in [2.05, 4.69) is 25.5 Å². The second-order valence-corrected chi connectivity index (χ2v) is 5.99. The lowest BCUT2D eigenvalue weighted by Gasteiger charge is -2.30. The maximum atomic E-state index is 12.4. The number of fused-ring (bicyclic) bond motifs is 1. The van der Waals surface area contributed by atoms with Crippen LogP contribution in [0.2, 0.25) is 0 Å². The summed E-state index contributed by atoms with van der Waals surface area (Å²) in [7, 11) is 0. The molecule has 3 aromatic rings. The summed E-state index contributed by atoms with van der Waals surface area (Å²) in [6.07, 6.45) is 1.48. The zero-order chi connectivity index (χ0) is 15.6. The molecule has 8 nitrogen and oxygen atoms in total. The van der Waals surface area contributed by atoms with Gasteiger partial charge in [-0.3, -0.25) is 4.79 Å². The summed E-state index contributed by atoms with van der Waals surface area (Å²) in [5.74, 6) is -0.249. The number of hydrogen-bond acceptors (Lipinski definition) is 7. The number of para-hydroxylation sites is 2. The van der Waals surface area contributed by atoms with E-state index in [0.717, 1.165) is 24.5 Å². The highest BCUT2D eigenvalue weighted by atomic mass is 32.1. The number of carbonyl (C=O) groups is 1. The van der Waals surface area contributed by atoms with Crippen LogP contribution in [0.4, 0.5) is 11.4 Å². The van der Waals surface area contributed by atoms with Gasteiger partial charge in [-0.2, -0.15) is 4.52 Å². The van der Waals surface area contributed by atoms with E-state index in [4.69, 9.17) is 4.74 Å². The van der Waals surface area contributed by atoms with Gasteiger partial charge in [-0.25, -0.2) is 0 Å². The van der Waals surface area contributed by atoms with Crippen LogP contribution in [0.5, 0.6) is 0 Å². The third kappa shape index (κ3) is 2.76. The number of carbonyl (C=O) groups excluding carboxylic acids is 1. The van der Waals surface area contributed by atoms with E-state index in [0.29, 0.717) is 23.2 Å². The van der Waals surface area contributed by atoms with Crippen molar-refractivity contribution < 1.29 is 9.53 Å². The summed E-state index contributed by atoms with van der Waals surface area (Å²) in [5.41, 5.74) is 1.76. The van der Waals surface area contributed by atoms with Crippen molar-refractivity contribution in [3.05, 3.63) is 35.6 Å². The van der Waals surface area contributed by atoms with E-state index in [1.807, 2.05) is 24.3 Å². The molecule has 0 bridgehead atoms. The lowest BCUT2D eigenvalue weighted by molar-refractivity contribution is 0.102. The lowest BCUT2D eigenvalue weighted by Crippen LogP contribution is -2.36. The van der Waals surface area contributed by atoms with Gasteiger partial charge in [-0.15, -0.1) is 15.3 Å². The van der Waals surface area contributed by atoms with Crippen molar-refractivity contribution in [2.45, 2.75) is 0 Å². The van der Waals surface area contributed by atoms with E-state index < -0.39 is 0 Å². The van der Waals surface area contributed by atoms with Crippen molar-refractivity contribution in [1.82, 2.24) is 19.8 Å². The maximum Gasteiger partial charge on any atom is 0.286 e. The van der Waals surface area contributed by atoms with Gasteiger partial charge >= 0.3 is 0 Å². The fourth-order valence-corrected chi connectivity index (χ4v) is 3.20. The van der Waals surface area contributed by atoms with E-state index in [1.54, 1.807) is 0 Å². The van der Waals surface area contributed by atoms with Crippen molar-refractivity contribution in [3.8, 4) is 0 Å². The van der Waals surface area contributed by atoms with Gasteiger partial charge in [0.15, 0.2) is 0 Å². The Hall–Kier alpha value is -2.52.